The number of carboxylic acids is 1. The molecule has 0 radical (unpaired) electrons. The van der Waals surface area contributed by atoms with Gasteiger partial charge in [-0.1, -0.05) is 0 Å². The summed E-state index contributed by atoms with van der Waals surface area (Å²) in [5.74, 6) is -8.92. The minimum atomic E-state index is -4.56. The van der Waals surface area contributed by atoms with Crippen LogP contribution in [-0.4, -0.2) is 79.3 Å². The van der Waals surface area contributed by atoms with Crippen LogP contribution in [-0.2, 0) is 14.8 Å². The van der Waals surface area contributed by atoms with E-state index in [1.54, 1.807) is 0 Å². The van der Waals surface area contributed by atoms with Gasteiger partial charge in [-0.3, -0.25) is 4.90 Å². The summed E-state index contributed by atoms with van der Waals surface area (Å²) in [5.41, 5.74) is 0. The van der Waals surface area contributed by atoms with E-state index >= 15 is 0 Å². The maximum Gasteiger partial charge on any atom is 0.401 e. The molecule has 1 heterocycles. The molecule has 1 aliphatic rings. The van der Waals surface area contributed by atoms with Crippen LogP contribution in [0.3, 0.4) is 0 Å². The van der Waals surface area contributed by atoms with Crippen molar-refractivity contribution >= 4 is 16.0 Å². The van der Waals surface area contributed by atoms with Crippen LogP contribution in [0.2, 0.25) is 0 Å². The molecule has 0 bridgehead atoms. The molecule has 0 aliphatic carbocycles. The molecule has 6 nitrogen and oxygen atoms in total. The second kappa shape index (κ2) is 6.01. The monoisotopic (exact) mass is 340 g/mol. The molecule has 1 N–H and O–H groups in total. The molecular formula is C9H13F5N2O4S. The Morgan fingerprint density at radius 2 is 1.52 bits per heavy atom. The summed E-state index contributed by atoms with van der Waals surface area (Å²) in [6.07, 6.45) is -4.43. The van der Waals surface area contributed by atoms with Gasteiger partial charge in [0.1, 0.15) is 5.75 Å². The Balaban J connectivity index is 2.63. The zero-order chi connectivity index (χ0) is 16.5. The Hall–Kier alpha value is -1.01. The van der Waals surface area contributed by atoms with E-state index in [2.05, 4.69) is 0 Å². The summed E-state index contributed by atoms with van der Waals surface area (Å²) in [4.78, 5) is 11.2. The van der Waals surface area contributed by atoms with Gasteiger partial charge in [-0.15, -0.1) is 0 Å². The van der Waals surface area contributed by atoms with Gasteiger partial charge in [0.25, 0.3) is 0 Å². The Kier molecular flexibility index (Phi) is 5.16. The van der Waals surface area contributed by atoms with Gasteiger partial charge in [0.2, 0.25) is 10.0 Å². The molecule has 1 rings (SSSR count). The first-order valence-corrected chi connectivity index (χ1v) is 7.32. The van der Waals surface area contributed by atoms with E-state index in [9.17, 15) is 35.2 Å². The summed E-state index contributed by atoms with van der Waals surface area (Å²) in [7, 11) is -4.56. The van der Waals surface area contributed by atoms with Crippen molar-refractivity contribution in [3.63, 3.8) is 0 Å². The van der Waals surface area contributed by atoms with Crippen LogP contribution in [0.4, 0.5) is 22.0 Å². The molecule has 0 amide bonds. The van der Waals surface area contributed by atoms with E-state index in [4.69, 9.17) is 5.11 Å². The van der Waals surface area contributed by atoms with Gasteiger partial charge in [0.15, 0.2) is 0 Å². The second-order valence-corrected chi connectivity index (χ2v) is 6.53. The van der Waals surface area contributed by atoms with Crippen LogP contribution in [0.25, 0.3) is 0 Å². The molecule has 12 heteroatoms. The number of hydrogen-bond acceptors (Lipinski definition) is 4. The summed E-state index contributed by atoms with van der Waals surface area (Å²) in [6.45, 7) is -2.54. The van der Waals surface area contributed by atoms with Crippen LogP contribution < -0.4 is 0 Å². The molecule has 0 atom stereocenters. The van der Waals surface area contributed by atoms with Crippen LogP contribution in [0.5, 0.6) is 0 Å². The molecule has 0 aromatic carbocycles. The summed E-state index contributed by atoms with van der Waals surface area (Å²) >= 11 is 0. The highest BCUT2D eigenvalue weighted by Crippen LogP contribution is 2.21. The van der Waals surface area contributed by atoms with Gasteiger partial charge in [0, 0.05) is 26.2 Å². The number of carboxylic acid groups (broad SMARTS) is 1. The number of halogens is 5. The highest BCUT2D eigenvalue weighted by molar-refractivity contribution is 7.89. The lowest BCUT2D eigenvalue weighted by Crippen LogP contribution is -2.53. The third kappa shape index (κ3) is 5.36. The predicted octanol–water partition coefficient (Wildman–Crippen LogP) is 0.216. The number of sulfonamides is 1. The summed E-state index contributed by atoms with van der Waals surface area (Å²) in [5, 5.41) is 8.21. The predicted molar refractivity (Wildman–Crippen MR) is 60.4 cm³/mol. The van der Waals surface area contributed by atoms with E-state index in [1.807, 2.05) is 0 Å². The van der Waals surface area contributed by atoms with Crippen LogP contribution >= 0.6 is 0 Å². The molecule has 0 saturated carbocycles. The van der Waals surface area contributed by atoms with Crippen molar-refractivity contribution in [3.05, 3.63) is 0 Å². The average molecular weight is 340 g/mol. The van der Waals surface area contributed by atoms with Crippen LogP contribution in [0.15, 0.2) is 0 Å². The van der Waals surface area contributed by atoms with E-state index in [-0.39, 0.29) is 13.1 Å². The fourth-order valence-corrected chi connectivity index (χ4v) is 3.29. The molecule has 0 unspecified atom stereocenters. The maximum atomic E-state index is 12.9. The van der Waals surface area contributed by atoms with Crippen molar-refractivity contribution in [1.29, 1.82) is 0 Å². The number of hydrogen-bond donors (Lipinski definition) is 1. The zero-order valence-electron chi connectivity index (χ0n) is 10.6. The number of nitrogens with zero attached hydrogens (tertiary/aromatic N) is 2. The van der Waals surface area contributed by atoms with E-state index in [0.717, 1.165) is 4.90 Å². The smallest absolute Gasteiger partial charge is 0.401 e. The van der Waals surface area contributed by atoms with Crippen molar-refractivity contribution in [2.24, 2.45) is 0 Å². The Labute approximate surface area is 117 Å². The van der Waals surface area contributed by atoms with Crippen molar-refractivity contribution in [2.45, 2.75) is 12.1 Å². The summed E-state index contributed by atoms with van der Waals surface area (Å²) < 4.78 is 86.2. The SMILES string of the molecule is O=C(O)C(F)(F)CS(=O)(=O)N1CCN(CC(F)(F)F)CC1. The molecular weight excluding hydrogens is 327 g/mol. The quantitative estimate of drug-likeness (QED) is 0.725. The number of alkyl halides is 5. The minimum Gasteiger partial charge on any atom is -0.477 e. The normalized spacial score (nSPS) is 19.7. The van der Waals surface area contributed by atoms with E-state index < -0.39 is 53.5 Å². The molecule has 21 heavy (non-hydrogen) atoms. The number of piperazine rings is 1. The standard InChI is InChI=1S/C9H13F5N2O4S/c10-8(11,7(17)18)6-21(19,20)16-3-1-15(2-4-16)5-9(12,13)14/h1-6H2,(H,17,18). The van der Waals surface area contributed by atoms with Gasteiger partial charge >= 0.3 is 18.1 Å². The molecule has 1 aliphatic heterocycles. The van der Waals surface area contributed by atoms with E-state index in [1.165, 1.54) is 0 Å². The highest BCUT2D eigenvalue weighted by atomic mass is 32.2. The first-order valence-electron chi connectivity index (χ1n) is 5.72. The zero-order valence-corrected chi connectivity index (χ0v) is 11.4. The third-order valence-electron chi connectivity index (χ3n) is 2.80. The first-order chi connectivity index (χ1) is 9.33. The van der Waals surface area contributed by atoms with Crippen molar-refractivity contribution in [1.82, 2.24) is 9.21 Å². The van der Waals surface area contributed by atoms with E-state index in [0.29, 0.717) is 4.31 Å². The largest absolute Gasteiger partial charge is 0.477 e. The molecule has 124 valence electrons. The first kappa shape index (κ1) is 18.0. The number of rotatable bonds is 5. The van der Waals surface area contributed by atoms with Gasteiger partial charge in [-0.25, -0.2) is 13.2 Å². The molecule has 0 aromatic heterocycles. The molecule has 1 saturated heterocycles. The minimum absolute atomic E-state index is 0.266. The summed E-state index contributed by atoms with van der Waals surface area (Å²) in [6, 6.07) is 0. The lowest BCUT2D eigenvalue weighted by molar-refractivity contribution is -0.161. The molecule has 0 aromatic rings. The fraction of sp³-hybridized carbons (Fsp3) is 0.889. The fourth-order valence-electron chi connectivity index (χ4n) is 1.80. The van der Waals surface area contributed by atoms with Gasteiger partial charge < -0.3 is 5.11 Å². The van der Waals surface area contributed by atoms with Gasteiger partial charge in [0.05, 0.1) is 6.54 Å². The van der Waals surface area contributed by atoms with Gasteiger partial charge in [-0.05, 0) is 0 Å². The van der Waals surface area contributed by atoms with Crippen molar-refractivity contribution in [3.8, 4) is 0 Å². The van der Waals surface area contributed by atoms with Crippen LogP contribution in [0, 0.1) is 0 Å². The number of carbonyl (C=O) groups is 1. The van der Waals surface area contributed by atoms with Crippen molar-refractivity contribution < 1.29 is 40.3 Å². The Bertz CT molecular complexity index is 485. The average Bonchev–Trinajstić information content (AvgIpc) is 2.25. The maximum absolute atomic E-state index is 12.9. The molecule has 0 spiro atoms. The third-order valence-corrected chi connectivity index (χ3v) is 4.68. The molecule has 1 fully saturated rings. The number of aliphatic carboxylic acids is 1. The highest BCUT2D eigenvalue weighted by Gasteiger charge is 2.46. The Morgan fingerprint density at radius 3 is 1.90 bits per heavy atom. The lowest BCUT2D eigenvalue weighted by Gasteiger charge is -2.34. The second-order valence-electron chi connectivity index (χ2n) is 4.56. The van der Waals surface area contributed by atoms with Crippen molar-refractivity contribution in [2.75, 3.05) is 38.5 Å². The Morgan fingerprint density at radius 1 is 1.05 bits per heavy atom. The topological polar surface area (TPSA) is 77.9 Å². The van der Waals surface area contributed by atoms with Crippen LogP contribution in [0.1, 0.15) is 0 Å². The lowest BCUT2D eigenvalue weighted by atomic mass is 10.3. The van der Waals surface area contributed by atoms with Gasteiger partial charge in [-0.2, -0.15) is 26.3 Å².